The van der Waals surface area contributed by atoms with Crippen molar-refractivity contribution in [3.63, 3.8) is 0 Å². The van der Waals surface area contributed by atoms with Crippen LogP contribution in [0.2, 0.25) is 0 Å². The predicted octanol–water partition coefficient (Wildman–Crippen LogP) is 2.01. The van der Waals surface area contributed by atoms with Crippen LogP contribution in [0, 0.1) is 0 Å². The van der Waals surface area contributed by atoms with Crippen molar-refractivity contribution in [2.45, 2.75) is 17.7 Å². The molecule has 0 fully saturated rings. The zero-order valence-electron chi connectivity index (χ0n) is 6.84. The smallest absolute Gasteiger partial charge is 0.0488 e. The summed E-state index contributed by atoms with van der Waals surface area (Å²) in [5.41, 5.74) is 5.11. The number of nitrogens with two attached hydrogens (primary N) is 1. The van der Waals surface area contributed by atoms with Gasteiger partial charge in [-0.05, 0) is 42.4 Å². The molecule has 0 amide bonds. The Kier molecular flexibility index (Phi) is 2.23. The number of benzene rings is 1. The van der Waals surface area contributed by atoms with Crippen LogP contribution in [0.1, 0.15) is 12.0 Å². The first-order chi connectivity index (χ1) is 5.90. The van der Waals surface area contributed by atoms with E-state index < -0.39 is 0 Å². The van der Waals surface area contributed by atoms with Gasteiger partial charge in [-0.25, -0.2) is 0 Å². The molecule has 0 aromatic heterocycles. The van der Waals surface area contributed by atoms with Crippen molar-refractivity contribution >= 4 is 17.4 Å². The minimum absolute atomic E-state index is 1.01. The molecule has 0 aliphatic carbocycles. The molecule has 1 aromatic carbocycles. The molecule has 64 valence electrons. The molecule has 1 aliphatic rings. The van der Waals surface area contributed by atoms with Crippen molar-refractivity contribution < 1.29 is 0 Å². The van der Waals surface area contributed by atoms with Crippen LogP contribution in [0.5, 0.6) is 0 Å². The Morgan fingerprint density at radius 2 is 2.33 bits per heavy atom. The normalized spacial score (nSPS) is 15.4. The van der Waals surface area contributed by atoms with E-state index in [0.29, 0.717) is 0 Å². The highest BCUT2D eigenvalue weighted by molar-refractivity contribution is 7.99. The number of nitrogens with one attached hydrogen (secondary N) is 1. The van der Waals surface area contributed by atoms with Gasteiger partial charge in [0.15, 0.2) is 0 Å². The van der Waals surface area contributed by atoms with Crippen LogP contribution in [-0.2, 0) is 6.42 Å². The molecular weight excluding hydrogens is 168 g/mol. The number of anilines is 1. The van der Waals surface area contributed by atoms with Gasteiger partial charge in [0.1, 0.15) is 0 Å². The first-order valence-electron chi connectivity index (χ1n) is 4.12. The highest BCUT2D eigenvalue weighted by Gasteiger charge is 2.09. The Balaban J connectivity index is 2.36. The zero-order valence-corrected chi connectivity index (χ0v) is 7.66. The summed E-state index contributed by atoms with van der Waals surface area (Å²) in [4.78, 5) is 1.42. The molecular formula is C9H12N2S. The average molecular weight is 180 g/mol. The highest BCUT2D eigenvalue weighted by atomic mass is 32.2. The van der Waals surface area contributed by atoms with Gasteiger partial charge in [0.2, 0.25) is 0 Å². The first kappa shape index (κ1) is 7.95. The molecule has 0 saturated carbocycles. The van der Waals surface area contributed by atoms with E-state index in [2.05, 4.69) is 17.6 Å². The van der Waals surface area contributed by atoms with Gasteiger partial charge in [0.05, 0.1) is 0 Å². The summed E-state index contributed by atoms with van der Waals surface area (Å²) in [5, 5.41) is 0. The average Bonchev–Trinajstić information content (AvgIpc) is 2.17. The Hall–Kier alpha value is -0.670. The largest absolute Gasteiger partial charge is 0.324 e. The SMILES string of the molecule is NNc1ccc2c(c1)CCCS2. The molecule has 0 unspecified atom stereocenters. The summed E-state index contributed by atoms with van der Waals surface area (Å²) in [6.07, 6.45) is 2.48. The molecule has 1 aliphatic heterocycles. The van der Waals surface area contributed by atoms with Crippen molar-refractivity contribution in [2.24, 2.45) is 5.84 Å². The lowest BCUT2D eigenvalue weighted by Crippen LogP contribution is -2.08. The molecule has 3 N–H and O–H groups in total. The third-order valence-electron chi connectivity index (χ3n) is 2.08. The van der Waals surface area contributed by atoms with Crippen molar-refractivity contribution in [1.29, 1.82) is 0 Å². The summed E-state index contributed by atoms with van der Waals surface area (Å²) >= 11 is 1.94. The Bertz CT molecular complexity index is 286. The van der Waals surface area contributed by atoms with Crippen LogP contribution < -0.4 is 11.3 Å². The van der Waals surface area contributed by atoms with Crippen LogP contribution in [0.3, 0.4) is 0 Å². The van der Waals surface area contributed by atoms with Gasteiger partial charge < -0.3 is 5.43 Å². The second-order valence-electron chi connectivity index (χ2n) is 2.92. The molecule has 12 heavy (non-hydrogen) atoms. The Labute approximate surface area is 76.5 Å². The van der Waals surface area contributed by atoms with Crippen LogP contribution >= 0.6 is 11.8 Å². The molecule has 0 bridgehead atoms. The number of fused-ring (bicyclic) bond motifs is 1. The minimum Gasteiger partial charge on any atom is -0.324 e. The molecule has 0 atom stereocenters. The van der Waals surface area contributed by atoms with Gasteiger partial charge in [0.25, 0.3) is 0 Å². The van der Waals surface area contributed by atoms with Crippen molar-refractivity contribution in [3.05, 3.63) is 23.8 Å². The van der Waals surface area contributed by atoms with Gasteiger partial charge >= 0.3 is 0 Å². The maximum atomic E-state index is 5.33. The summed E-state index contributed by atoms with van der Waals surface area (Å²) in [7, 11) is 0. The van der Waals surface area contributed by atoms with Crippen molar-refractivity contribution in [2.75, 3.05) is 11.2 Å². The van der Waals surface area contributed by atoms with E-state index in [1.807, 2.05) is 17.8 Å². The van der Waals surface area contributed by atoms with Gasteiger partial charge in [-0.1, -0.05) is 0 Å². The van der Waals surface area contributed by atoms with Crippen molar-refractivity contribution in [1.82, 2.24) is 0 Å². The standard InChI is InChI=1S/C9H12N2S/c10-11-8-3-4-9-7(6-8)2-1-5-12-9/h3-4,6,11H,1-2,5,10H2. The van der Waals surface area contributed by atoms with Crippen LogP contribution in [-0.4, -0.2) is 5.75 Å². The van der Waals surface area contributed by atoms with E-state index in [1.165, 1.54) is 29.1 Å². The van der Waals surface area contributed by atoms with Crippen LogP contribution in [0.25, 0.3) is 0 Å². The van der Waals surface area contributed by atoms with Gasteiger partial charge in [0, 0.05) is 10.6 Å². The van der Waals surface area contributed by atoms with E-state index in [0.717, 1.165) is 5.69 Å². The quantitative estimate of drug-likeness (QED) is 0.513. The van der Waals surface area contributed by atoms with E-state index >= 15 is 0 Å². The molecule has 2 nitrogen and oxygen atoms in total. The lowest BCUT2D eigenvalue weighted by atomic mass is 10.1. The third-order valence-corrected chi connectivity index (χ3v) is 3.28. The number of hydrogen-bond acceptors (Lipinski definition) is 3. The number of nitrogen functional groups attached to an aromatic ring is 1. The number of hydrazine groups is 1. The van der Waals surface area contributed by atoms with Gasteiger partial charge in [-0.2, -0.15) is 0 Å². The van der Waals surface area contributed by atoms with E-state index in [9.17, 15) is 0 Å². The molecule has 2 rings (SSSR count). The lowest BCUT2D eigenvalue weighted by molar-refractivity contribution is 0.890. The predicted molar refractivity (Wildman–Crippen MR) is 53.3 cm³/mol. The molecule has 0 saturated heterocycles. The van der Waals surface area contributed by atoms with E-state index in [-0.39, 0.29) is 0 Å². The fraction of sp³-hybridized carbons (Fsp3) is 0.333. The van der Waals surface area contributed by atoms with Crippen LogP contribution in [0.15, 0.2) is 23.1 Å². The molecule has 0 radical (unpaired) electrons. The Morgan fingerprint density at radius 1 is 1.42 bits per heavy atom. The fourth-order valence-corrected chi connectivity index (χ4v) is 2.47. The summed E-state index contributed by atoms with van der Waals surface area (Å²) < 4.78 is 0. The zero-order chi connectivity index (χ0) is 8.39. The molecule has 3 heteroatoms. The summed E-state index contributed by atoms with van der Waals surface area (Å²) in [5.74, 6) is 6.58. The second-order valence-corrected chi connectivity index (χ2v) is 4.06. The van der Waals surface area contributed by atoms with E-state index in [1.54, 1.807) is 0 Å². The molecule has 1 heterocycles. The van der Waals surface area contributed by atoms with Crippen molar-refractivity contribution in [3.8, 4) is 0 Å². The third kappa shape index (κ3) is 1.42. The number of thioether (sulfide) groups is 1. The van der Waals surface area contributed by atoms with Gasteiger partial charge in [-0.15, -0.1) is 11.8 Å². The second kappa shape index (κ2) is 3.37. The summed E-state index contributed by atoms with van der Waals surface area (Å²) in [6.45, 7) is 0. The molecule has 1 aromatic rings. The highest BCUT2D eigenvalue weighted by Crippen LogP contribution is 2.31. The summed E-state index contributed by atoms with van der Waals surface area (Å²) in [6, 6.07) is 6.31. The minimum atomic E-state index is 1.01. The number of hydrogen-bond donors (Lipinski definition) is 2. The van der Waals surface area contributed by atoms with Crippen LogP contribution in [0.4, 0.5) is 5.69 Å². The van der Waals surface area contributed by atoms with E-state index in [4.69, 9.17) is 5.84 Å². The monoisotopic (exact) mass is 180 g/mol. The van der Waals surface area contributed by atoms with Gasteiger partial charge in [-0.3, -0.25) is 5.84 Å². The maximum Gasteiger partial charge on any atom is 0.0488 e. The Morgan fingerprint density at radius 3 is 3.17 bits per heavy atom. The topological polar surface area (TPSA) is 38.0 Å². The fourth-order valence-electron chi connectivity index (χ4n) is 1.45. The first-order valence-corrected chi connectivity index (χ1v) is 5.11. The lowest BCUT2D eigenvalue weighted by Gasteiger charge is -2.15. The molecule has 0 spiro atoms. The number of rotatable bonds is 1. The maximum absolute atomic E-state index is 5.33. The number of aryl methyl sites for hydroxylation is 1.